The van der Waals surface area contributed by atoms with E-state index in [4.69, 9.17) is 0 Å². The van der Waals surface area contributed by atoms with Gasteiger partial charge in [-0.1, -0.05) is 13.8 Å². The van der Waals surface area contributed by atoms with E-state index in [2.05, 4.69) is 22.5 Å². The first-order valence-corrected chi connectivity index (χ1v) is 6.38. The summed E-state index contributed by atoms with van der Waals surface area (Å²) in [6.07, 6.45) is 1.87. The quantitative estimate of drug-likeness (QED) is 0.743. The van der Waals surface area contributed by atoms with Crippen molar-refractivity contribution in [2.75, 3.05) is 13.1 Å². The topological polar surface area (TPSA) is 54.0 Å². The highest BCUT2D eigenvalue weighted by molar-refractivity contribution is 7.09. The van der Waals surface area contributed by atoms with Gasteiger partial charge in [0.2, 0.25) is 5.91 Å². The van der Waals surface area contributed by atoms with Crippen molar-refractivity contribution in [2.45, 2.75) is 26.8 Å². The van der Waals surface area contributed by atoms with E-state index in [0.717, 1.165) is 6.54 Å². The van der Waals surface area contributed by atoms with E-state index in [9.17, 15) is 4.79 Å². The normalized spacial score (nSPS) is 12.8. The Morgan fingerprint density at radius 2 is 2.19 bits per heavy atom. The number of hydrogen-bond acceptors (Lipinski definition) is 4. The Kier molecular flexibility index (Phi) is 5.42. The van der Waals surface area contributed by atoms with E-state index < -0.39 is 0 Å². The van der Waals surface area contributed by atoms with Crippen LogP contribution in [0.3, 0.4) is 0 Å². The SMILES string of the molecule is CC(C)C(=O)NCCNC(C)c1cncs1. The van der Waals surface area contributed by atoms with Gasteiger partial charge >= 0.3 is 0 Å². The lowest BCUT2D eigenvalue weighted by Crippen LogP contribution is -2.34. The van der Waals surface area contributed by atoms with Crippen molar-refractivity contribution in [3.8, 4) is 0 Å². The van der Waals surface area contributed by atoms with Crippen LogP contribution in [0.5, 0.6) is 0 Å². The lowest BCUT2D eigenvalue weighted by Gasteiger charge is -2.12. The van der Waals surface area contributed by atoms with Gasteiger partial charge in [-0.2, -0.15) is 0 Å². The van der Waals surface area contributed by atoms with Crippen LogP contribution in [0, 0.1) is 5.92 Å². The molecule has 0 saturated heterocycles. The Labute approximate surface area is 100 Å². The maximum atomic E-state index is 11.3. The number of carbonyl (C=O) groups is 1. The van der Waals surface area contributed by atoms with Crippen molar-refractivity contribution in [1.29, 1.82) is 0 Å². The van der Waals surface area contributed by atoms with Crippen LogP contribution >= 0.6 is 11.3 Å². The minimum Gasteiger partial charge on any atom is -0.355 e. The first-order valence-electron chi connectivity index (χ1n) is 5.50. The molecular formula is C11H19N3OS. The number of thiazole rings is 1. The zero-order valence-corrected chi connectivity index (χ0v) is 10.8. The minimum atomic E-state index is 0.0546. The third kappa shape index (κ3) is 4.28. The number of rotatable bonds is 6. The molecule has 16 heavy (non-hydrogen) atoms. The second-order valence-corrected chi connectivity index (χ2v) is 4.94. The third-order valence-corrected chi connectivity index (χ3v) is 3.24. The molecule has 1 amide bonds. The number of nitrogens with zero attached hydrogens (tertiary/aromatic N) is 1. The van der Waals surface area contributed by atoms with Gasteiger partial charge in [-0.3, -0.25) is 9.78 Å². The van der Waals surface area contributed by atoms with Gasteiger partial charge in [0.25, 0.3) is 0 Å². The van der Waals surface area contributed by atoms with Gasteiger partial charge in [0.05, 0.1) is 5.51 Å². The maximum Gasteiger partial charge on any atom is 0.222 e. The number of nitrogens with one attached hydrogen (secondary N) is 2. The predicted molar refractivity (Wildman–Crippen MR) is 66.4 cm³/mol. The number of amides is 1. The summed E-state index contributed by atoms with van der Waals surface area (Å²) in [5.74, 6) is 0.158. The van der Waals surface area contributed by atoms with Crippen LogP contribution in [-0.2, 0) is 4.79 Å². The zero-order chi connectivity index (χ0) is 12.0. The molecule has 1 rings (SSSR count). The van der Waals surface area contributed by atoms with Crippen molar-refractivity contribution < 1.29 is 4.79 Å². The lowest BCUT2D eigenvalue weighted by molar-refractivity contribution is -0.123. The van der Waals surface area contributed by atoms with E-state index in [1.807, 2.05) is 25.6 Å². The highest BCUT2D eigenvalue weighted by Crippen LogP contribution is 2.15. The Balaban J connectivity index is 2.14. The summed E-state index contributed by atoms with van der Waals surface area (Å²) in [5, 5.41) is 6.20. The summed E-state index contributed by atoms with van der Waals surface area (Å²) in [6.45, 7) is 7.32. The monoisotopic (exact) mass is 241 g/mol. The molecule has 90 valence electrons. The smallest absolute Gasteiger partial charge is 0.222 e. The van der Waals surface area contributed by atoms with Gasteiger partial charge in [0.1, 0.15) is 0 Å². The van der Waals surface area contributed by atoms with Crippen molar-refractivity contribution in [2.24, 2.45) is 5.92 Å². The van der Waals surface area contributed by atoms with Crippen LogP contribution in [-0.4, -0.2) is 24.0 Å². The second-order valence-electron chi connectivity index (χ2n) is 4.03. The van der Waals surface area contributed by atoms with Gasteiger partial charge in [-0.15, -0.1) is 11.3 Å². The van der Waals surface area contributed by atoms with Gasteiger partial charge in [0, 0.05) is 36.1 Å². The van der Waals surface area contributed by atoms with Gasteiger partial charge in [-0.05, 0) is 6.92 Å². The highest BCUT2D eigenvalue weighted by atomic mass is 32.1. The molecule has 1 atom stereocenters. The second kappa shape index (κ2) is 6.60. The minimum absolute atomic E-state index is 0.0546. The van der Waals surface area contributed by atoms with Crippen molar-refractivity contribution in [1.82, 2.24) is 15.6 Å². The number of carbonyl (C=O) groups excluding carboxylic acids is 1. The first-order chi connectivity index (χ1) is 7.61. The first kappa shape index (κ1) is 13.1. The Morgan fingerprint density at radius 3 is 2.75 bits per heavy atom. The molecule has 0 spiro atoms. The van der Waals surface area contributed by atoms with Crippen LogP contribution in [0.2, 0.25) is 0 Å². The summed E-state index contributed by atoms with van der Waals surface area (Å²) < 4.78 is 0. The van der Waals surface area contributed by atoms with Crippen LogP contribution in [0.25, 0.3) is 0 Å². The fourth-order valence-corrected chi connectivity index (χ4v) is 1.87. The number of aromatic nitrogens is 1. The molecule has 1 aromatic heterocycles. The molecule has 0 bridgehead atoms. The molecule has 4 nitrogen and oxygen atoms in total. The molecule has 1 unspecified atom stereocenters. The average molecular weight is 241 g/mol. The van der Waals surface area contributed by atoms with Crippen LogP contribution in [0.4, 0.5) is 0 Å². The molecule has 0 saturated carbocycles. The molecule has 0 radical (unpaired) electrons. The highest BCUT2D eigenvalue weighted by Gasteiger charge is 2.07. The zero-order valence-electron chi connectivity index (χ0n) is 9.99. The molecule has 2 N–H and O–H groups in total. The van der Waals surface area contributed by atoms with Gasteiger partial charge in [-0.25, -0.2) is 0 Å². The maximum absolute atomic E-state index is 11.3. The Bertz CT molecular complexity index is 311. The van der Waals surface area contributed by atoms with E-state index in [1.165, 1.54) is 4.88 Å². The average Bonchev–Trinajstić information content (AvgIpc) is 2.76. The van der Waals surface area contributed by atoms with E-state index in [0.29, 0.717) is 12.6 Å². The Hall–Kier alpha value is -0.940. The van der Waals surface area contributed by atoms with E-state index in [1.54, 1.807) is 11.3 Å². The molecule has 0 aromatic carbocycles. The molecule has 0 aliphatic carbocycles. The summed E-state index contributed by atoms with van der Waals surface area (Å²) in [4.78, 5) is 16.5. The molecule has 1 heterocycles. The molecule has 0 aliphatic heterocycles. The van der Waals surface area contributed by atoms with Crippen molar-refractivity contribution in [3.05, 3.63) is 16.6 Å². The Morgan fingerprint density at radius 1 is 1.44 bits per heavy atom. The fraction of sp³-hybridized carbons (Fsp3) is 0.636. The number of hydrogen-bond donors (Lipinski definition) is 2. The van der Waals surface area contributed by atoms with E-state index in [-0.39, 0.29) is 11.8 Å². The van der Waals surface area contributed by atoms with Crippen LogP contribution in [0.15, 0.2) is 11.7 Å². The third-order valence-electron chi connectivity index (χ3n) is 2.28. The van der Waals surface area contributed by atoms with Crippen LogP contribution in [0.1, 0.15) is 31.7 Å². The fourth-order valence-electron chi connectivity index (χ4n) is 1.22. The lowest BCUT2D eigenvalue weighted by atomic mass is 10.2. The van der Waals surface area contributed by atoms with Gasteiger partial charge in [0.15, 0.2) is 0 Å². The summed E-state index contributed by atoms with van der Waals surface area (Å²) in [6, 6.07) is 0.295. The molecule has 0 aliphatic rings. The molecular weight excluding hydrogens is 222 g/mol. The van der Waals surface area contributed by atoms with Gasteiger partial charge < -0.3 is 10.6 Å². The molecule has 0 fully saturated rings. The predicted octanol–water partition coefficient (Wildman–Crippen LogP) is 1.57. The molecule has 5 heteroatoms. The van der Waals surface area contributed by atoms with Crippen molar-refractivity contribution >= 4 is 17.2 Å². The standard InChI is InChI=1S/C11H19N3OS/c1-8(2)11(15)14-5-4-13-9(3)10-6-12-7-16-10/h6-9,13H,4-5H2,1-3H3,(H,14,15). The summed E-state index contributed by atoms with van der Waals surface area (Å²) >= 11 is 1.64. The van der Waals surface area contributed by atoms with Crippen LogP contribution < -0.4 is 10.6 Å². The van der Waals surface area contributed by atoms with Crippen molar-refractivity contribution in [3.63, 3.8) is 0 Å². The molecule has 1 aromatic rings. The summed E-state index contributed by atoms with van der Waals surface area (Å²) in [5.41, 5.74) is 1.83. The largest absolute Gasteiger partial charge is 0.355 e. The summed E-state index contributed by atoms with van der Waals surface area (Å²) in [7, 11) is 0. The van der Waals surface area contributed by atoms with E-state index >= 15 is 0 Å².